The smallest absolute Gasteiger partial charge is 0.390 e. The Morgan fingerprint density at radius 2 is 2.11 bits per heavy atom. The van der Waals surface area contributed by atoms with Crippen LogP contribution in [-0.2, 0) is 0 Å². The minimum absolute atomic E-state index is 0.103. The second kappa shape index (κ2) is 5.99. The van der Waals surface area contributed by atoms with Crippen LogP contribution in [0.5, 0.6) is 5.88 Å². The van der Waals surface area contributed by atoms with Crippen LogP contribution in [0.4, 0.5) is 17.6 Å². The van der Waals surface area contributed by atoms with Crippen LogP contribution in [0.1, 0.15) is 24.9 Å². The standard InChI is InChI=1S/C11H14F4N2O/c1-3-18-10-9(12)7(4-5-17-10)8(16-2)6-11(13,14)15/h4-5,8,16H,3,6H2,1-2H3. The molecule has 1 unspecified atom stereocenters. The van der Waals surface area contributed by atoms with E-state index in [0.717, 1.165) is 0 Å². The van der Waals surface area contributed by atoms with Gasteiger partial charge in [-0.1, -0.05) is 0 Å². The van der Waals surface area contributed by atoms with Crippen LogP contribution in [-0.4, -0.2) is 24.8 Å². The van der Waals surface area contributed by atoms with Gasteiger partial charge in [-0.05, 0) is 20.0 Å². The minimum Gasteiger partial charge on any atom is -0.476 e. The Balaban J connectivity index is 3.02. The van der Waals surface area contributed by atoms with Crippen molar-refractivity contribution in [2.75, 3.05) is 13.7 Å². The van der Waals surface area contributed by atoms with Gasteiger partial charge >= 0.3 is 6.18 Å². The highest BCUT2D eigenvalue weighted by atomic mass is 19.4. The monoisotopic (exact) mass is 266 g/mol. The molecule has 0 aromatic carbocycles. The van der Waals surface area contributed by atoms with E-state index in [-0.39, 0.29) is 18.1 Å². The average Bonchev–Trinajstić information content (AvgIpc) is 2.28. The molecular formula is C11H14F4N2O. The first kappa shape index (κ1) is 14.7. The van der Waals surface area contributed by atoms with Gasteiger partial charge < -0.3 is 10.1 Å². The number of nitrogens with zero attached hydrogens (tertiary/aromatic N) is 1. The van der Waals surface area contributed by atoms with Crippen molar-refractivity contribution >= 4 is 0 Å². The molecule has 0 aliphatic rings. The van der Waals surface area contributed by atoms with Gasteiger partial charge in [-0.3, -0.25) is 0 Å². The highest BCUT2D eigenvalue weighted by Crippen LogP contribution is 2.32. The Hall–Kier alpha value is -1.37. The summed E-state index contributed by atoms with van der Waals surface area (Å²) in [5, 5.41) is 2.44. The first-order valence-electron chi connectivity index (χ1n) is 5.40. The van der Waals surface area contributed by atoms with Gasteiger partial charge in [0, 0.05) is 17.8 Å². The summed E-state index contributed by atoms with van der Waals surface area (Å²) in [6, 6.07) is 0.0531. The Morgan fingerprint density at radius 3 is 2.61 bits per heavy atom. The fourth-order valence-electron chi connectivity index (χ4n) is 1.54. The number of hydrogen-bond donors (Lipinski definition) is 1. The summed E-state index contributed by atoms with van der Waals surface area (Å²) in [4.78, 5) is 3.64. The molecule has 1 aromatic rings. The molecule has 0 spiro atoms. The Kier molecular flexibility index (Phi) is 4.89. The molecule has 0 aliphatic carbocycles. The summed E-state index contributed by atoms with van der Waals surface area (Å²) in [5.74, 6) is -1.14. The maximum absolute atomic E-state index is 13.9. The molecular weight excluding hydrogens is 252 g/mol. The van der Waals surface area contributed by atoms with Crippen molar-refractivity contribution in [2.45, 2.75) is 25.6 Å². The van der Waals surface area contributed by atoms with Crippen LogP contribution in [0.3, 0.4) is 0 Å². The van der Waals surface area contributed by atoms with Crippen LogP contribution in [0.15, 0.2) is 12.3 Å². The second-order valence-electron chi connectivity index (χ2n) is 3.61. The molecule has 1 heterocycles. The first-order chi connectivity index (χ1) is 8.39. The predicted octanol–water partition coefficient (Wildman–Crippen LogP) is 2.83. The second-order valence-corrected chi connectivity index (χ2v) is 3.61. The van der Waals surface area contributed by atoms with Crippen molar-refractivity contribution in [3.05, 3.63) is 23.6 Å². The number of hydrogen-bond acceptors (Lipinski definition) is 3. The van der Waals surface area contributed by atoms with E-state index in [4.69, 9.17) is 4.74 Å². The number of rotatable bonds is 5. The van der Waals surface area contributed by atoms with E-state index in [1.165, 1.54) is 19.3 Å². The van der Waals surface area contributed by atoms with Gasteiger partial charge in [0.2, 0.25) is 0 Å². The van der Waals surface area contributed by atoms with Gasteiger partial charge in [0.1, 0.15) is 0 Å². The van der Waals surface area contributed by atoms with Crippen LogP contribution in [0.25, 0.3) is 0 Å². The van der Waals surface area contributed by atoms with E-state index in [2.05, 4.69) is 10.3 Å². The van der Waals surface area contributed by atoms with Crippen LogP contribution < -0.4 is 10.1 Å². The molecule has 0 fully saturated rings. The van der Waals surface area contributed by atoms with Crippen LogP contribution >= 0.6 is 0 Å². The van der Waals surface area contributed by atoms with Gasteiger partial charge in [-0.25, -0.2) is 9.37 Å². The number of ether oxygens (including phenoxy) is 1. The van der Waals surface area contributed by atoms with Crippen LogP contribution in [0, 0.1) is 5.82 Å². The Bertz CT molecular complexity index is 395. The molecule has 102 valence electrons. The zero-order valence-corrected chi connectivity index (χ0v) is 10.0. The van der Waals surface area contributed by atoms with Gasteiger partial charge in [-0.2, -0.15) is 13.2 Å². The number of alkyl halides is 3. The summed E-state index contributed by atoms with van der Waals surface area (Å²) in [6.07, 6.45) is -4.31. The number of pyridine rings is 1. The molecule has 1 rings (SSSR count). The van der Waals surface area contributed by atoms with Gasteiger partial charge in [0.15, 0.2) is 5.82 Å². The maximum atomic E-state index is 13.9. The fourth-order valence-corrected chi connectivity index (χ4v) is 1.54. The average molecular weight is 266 g/mol. The van der Waals surface area contributed by atoms with Crippen LogP contribution in [0.2, 0.25) is 0 Å². The van der Waals surface area contributed by atoms with Crippen molar-refractivity contribution in [1.82, 2.24) is 10.3 Å². The summed E-state index contributed by atoms with van der Waals surface area (Å²) >= 11 is 0. The summed E-state index contributed by atoms with van der Waals surface area (Å²) in [5.41, 5.74) is -0.103. The lowest BCUT2D eigenvalue weighted by Gasteiger charge is -2.19. The lowest BCUT2D eigenvalue weighted by Crippen LogP contribution is -2.24. The molecule has 18 heavy (non-hydrogen) atoms. The van der Waals surface area contributed by atoms with E-state index in [0.29, 0.717) is 0 Å². The zero-order valence-electron chi connectivity index (χ0n) is 10.0. The Labute approximate surface area is 102 Å². The third kappa shape index (κ3) is 3.83. The van der Waals surface area contributed by atoms with E-state index in [1.54, 1.807) is 6.92 Å². The third-order valence-electron chi connectivity index (χ3n) is 2.33. The van der Waals surface area contributed by atoms with Gasteiger partial charge in [0.25, 0.3) is 5.88 Å². The largest absolute Gasteiger partial charge is 0.476 e. The molecule has 0 saturated carbocycles. The topological polar surface area (TPSA) is 34.1 Å². The number of nitrogens with one attached hydrogen (secondary N) is 1. The van der Waals surface area contributed by atoms with Crippen molar-refractivity contribution in [3.63, 3.8) is 0 Å². The highest BCUT2D eigenvalue weighted by Gasteiger charge is 2.33. The quantitative estimate of drug-likeness (QED) is 0.832. The summed E-state index contributed by atoms with van der Waals surface area (Å²) < 4.78 is 55.8. The van der Waals surface area contributed by atoms with E-state index in [9.17, 15) is 17.6 Å². The molecule has 0 saturated heterocycles. The molecule has 1 atom stereocenters. The fraction of sp³-hybridized carbons (Fsp3) is 0.545. The highest BCUT2D eigenvalue weighted by molar-refractivity contribution is 5.26. The lowest BCUT2D eigenvalue weighted by atomic mass is 10.0. The number of aromatic nitrogens is 1. The summed E-state index contributed by atoms with van der Waals surface area (Å²) in [6.45, 7) is 1.83. The molecule has 3 nitrogen and oxygen atoms in total. The van der Waals surface area contributed by atoms with Crippen molar-refractivity contribution in [3.8, 4) is 5.88 Å². The lowest BCUT2D eigenvalue weighted by molar-refractivity contribution is -0.140. The van der Waals surface area contributed by atoms with Gasteiger partial charge in [0.05, 0.1) is 13.0 Å². The maximum Gasteiger partial charge on any atom is 0.390 e. The molecule has 0 bridgehead atoms. The molecule has 0 amide bonds. The predicted molar refractivity (Wildman–Crippen MR) is 57.8 cm³/mol. The number of halogens is 4. The van der Waals surface area contributed by atoms with Gasteiger partial charge in [-0.15, -0.1) is 0 Å². The molecule has 1 aromatic heterocycles. The minimum atomic E-state index is -4.38. The van der Waals surface area contributed by atoms with Crippen molar-refractivity contribution in [1.29, 1.82) is 0 Å². The Morgan fingerprint density at radius 1 is 1.44 bits per heavy atom. The van der Waals surface area contributed by atoms with E-state index >= 15 is 0 Å². The molecule has 0 radical (unpaired) electrons. The molecule has 1 N–H and O–H groups in total. The summed E-state index contributed by atoms with van der Waals surface area (Å²) in [7, 11) is 1.34. The normalized spacial score (nSPS) is 13.4. The van der Waals surface area contributed by atoms with Crippen molar-refractivity contribution < 1.29 is 22.3 Å². The first-order valence-corrected chi connectivity index (χ1v) is 5.40. The third-order valence-corrected chi connectivity index (χ3v) is 2.33. The molecule has 7 heteroatoms. The van der Waals surface area contributed by atoms with Crippen molar-refractivity contribution in [2.24, 2.45) is 0 Å². The van der Waals surface area contributed by atoms with E-state index in [1.807, 2.05) is 0 Å². The van der Waals surface area contributed by atoms with E-state index < -0.39 is 24.5 Å². The zero-order chi connectivity index (χ0) is 13.8. The molecule has 0 aliphatic heterocycles. The SMILES string of the molecule is CCOc1nccc(C(CC(F)(F)F)NC)c1F.